The van der Waals surface area contributed by atoms with E-state index in [4.69, 9.17) is 27.8 Å². The molecule has 1 saturated heterocycles. The molecule has 270 valence electrons. The Kier molecular flexibility index (Phi) is 9.93. The van der Waals surface area contributed by atoms with Gasteiger partial charge in [-0.05, 0) is 71.7 Å². The number of ether oxygens (including phenoxy) is 1. The van der Waals surface area contributed by atoms with E-state index in [9.17, 15) is 0 Å². The summed E-state index contributed by atoms with van der Waals surface area (Å²) in [4.78, 5) is 21.4. The summed E-state index contributed by atoms with van der Waals surface area (Å²) < 4.78 is 30.5. The second-order valence-corrected chi connectivity index (χ2v) is 32.2. The van der Waals surface area contributed by atoms with Crippen LogP contribution in [0.15, 0.2) is 36.9 Å². The molecule has 0 amide bonds. The number of rotatable bonds is 10. The summed E-state index contributed by atoms with van der Waals surface area (Å²) in [5.41, 5.74) is 2.45. The number of nitrogens with zero attached hydrogens (tertiary/aromatic N) is 7. The van der Waals surface area contributed by atoms with Crippen LogP contribution in [0, 0.1) is 0 Å². The van der Waals surface area contributed by atoms with Crippen LogP contribution in [-0.2, 0) is 18.0 Å². The second-order valence-electron chi connectivity index (χ2n) is 17.9. The Labute approximate surface area is 294 Å². The third-order valence-electron chi connectivity index (χ3n) is 11.3. The Balaban J connectivity index is 1.59. The molecule has 0 N–H and O–H groups in total. The van der Waals surface area contributed by atoms with E-state index in [1.165, 1.54) is 11.2 Å². The third kappa shape index (κ3) is 7.44. The molecule has 12 nitrogen and oxygen atoms in total. The van der Waals surface area contributed by atoms with E-state index in [2.05, 4.69) is 122 Å². The molecule has 1 fully saturated rings. The number of hydrogen-bond acceptors (Lipinski definition) is 10. The minimum absolute atomic E-state index is 0.0237. The minimum atomic E-state index is -2.34. The van der Waals surface area contributed by atoms with Gasteiger partial charge in [0.05, 0.1) is 12.9 Å². The van der Waals surface area contributed by atoms with Gasteiger partial charge in [0.15, 0.2) is 42.3 Å². The average Bonchev–Trinajstić information content (AvgIpc) is 3.66. The van der Waals surface area contributed by atoms with Gasteiger partial charge in [0, 0.05) is 0 Å². The second kappa shape index (κ2) is 12.9. The van der Waals surface area contributed by atoms with E-state index in [1.54, 1.807) is 6.33 Å². The van der Waals surface area contributed by atoms with Crippen molar-refractivity contribution in [3.05, 3.63) is 36.9 Å². The van der Waals surface area contributed by atoms with Crippen molar-refractivity contribution in [3.63, 3.8) is 0 Å². The van der Waals surface area contributed by atoms with Crippen molar-refractivity contribution >= 4 is 47.1 Å². The standard InChI is InChI=1S/C34H57N7O5Si3/c1-32(2,3)47(10,11)42-20-25-27(45-48(12,13)33(4,5)6)28(46-49(14,15)34(7,8)9)31(43-25)40-22-37-26-29(40)35-21-36-30(26)44-41-24-19-17-16-18-23(24)38-39-41/h16-19,21-22,25,27-28,31H,20H2,1-15H3. The van der Waals surface area contributed by atoms with Crippen LogP contribution in [0.5, 0.6) is 5.88 Å². The Hall–Kier alpha value is -2.54. The summed E-state index contributed by atoms with van der Waals surface area (Å²) in [6.07, 6.45) is 1.42. The van der Waals surface area contributed by atoms with Gasteiger partial charge in [-0.2, -0.15) is 4.98 Å². The molecule has 3 aromatic heterocycles. The fraction of sp³-hybridized carbons (Fsp3) is 0.676. The summed E-state index contributed by atoms with van der Waals surface area (Å²) in [7, 11) is -6.75. The molecular formula is C34H57N7O5Si3. The van der Waals surface area contributed by atoms with E-state index >= 15 is 0 Å². The SMILES string of the molecule is CC(C)(C)[Si](C)(C)OCC1OC(n2cnc3c(On4nnc5ccccc54)ncnc32)C(O[Si](C)(C)C(C)(C)C)C1O[Si](C)(C)C(C)(C)C. The molecule has 0 radical (unpaired) electrons. The smallest absolute Gasteiger partial charge is 0.280 e. The lowest BCUT2D eigenvalue weighted by Crippen LogP contribution is -2.54. The van der Waals surface area contributed by atoms with Gasteiger partial charge >= 0.3 is 0 Å². The van der Waals surface area contributed by atoms with Crippen LogP contribution < -0.4 is 4.84 Å². The Morgan fingerprint density at radius 2 is 1.35 bits per heavy atom. The number of benzene rings is 1. The minimum Gasteiger partial charge on any atom is -0.414 e. The lowest BCUT2D eigenvalue weighted by Gasteiger charge is -2.44. The highest BCUT2D eigenvalue weighted by molar-refractivity contribution is 6.75. The molecule has 1 aromatic carbocycles. The van der Waals surface area contributed by atoms with E-state index in [0.717, 1.165) is 0 Å². The summed E-state index contributed by atoms with van der Waals surface area (Å²) in [5.74, 6) is 0.256. The third-order valence-corrected chi connectivity index (χ3v) is 24.7. The number of imidazole rings is 1. The van der Waals surface area contributed by atoms with E-state index in [1.807, 2.05) is 28.8 Å². The lowest BCUT2D eigenvalue weighted by atomic mass is 10.1. The maximum absolute atomic E-state index is 7.33. The van der Waals surface area contributed by atoms with Gasteiger partial charge in [0.1, 0.15) is 35.7 Å². The van der Waals surface area contributed by atoms with Crippen molar-refractivity contribution in [1.82, 2.24) is 34.7 Å². The quantitative estimate of drug-likeness (QED) is 0.148. The summed E-state index contributed by atoms with van der Waals surface area (Å²) >= 11 is 0. The van der Waals surface area contributed by atoms with Crippen molar-refractivity contribution in [1.29, 1.82) is 0 Å². The largest absolute Gasteiger partial charge is 0.414 e. The van der Waals surface area contributed by atoms with Crippen molar-refractivity contribution in [2.45, 2.75) is 141 Å². The highest BCUT2D eigenvalue weighted by atomic mass is 28.4. The maximum Gasteiger partial charge on any atom is 0.280 e. The summed E-state index contributed by atoms with van der Waals surface area (Å²) in [6.45, 7) is 34.4. The normalized spacial score (nSPS) is 21.6. The molecule has 4 heterocycles. The van der Waals surface area contributed by atoms with E-state index < -0.39 is 37.3 Å². The van der Waals surface area contributed by atoms with Crippen LogP contribution >= 0.6 is 0 Å². The fourth-order valence-electron chi connectivity index (χ4n) is 4.96. The van der Waals surface area contributed by atoms with Crippen molar-refractivity contribution in [3.8, 4) is 5.88 Å². The highest BCUT2D eigenvalue weighted by Gasteiger charge is 2.55. The van der Waals surface area contributed by atoms with E-state index in [-0.39, 0.29) is 33.2 Å². The molecule has 49 heavy (non-hydrogen) atoms. The first-order valence-corrected chi connectivity index (χ1v) is 26.0. The molecule has 5 rings (SSSR count). The van der Waals surface area contributed by atoms with Crippen LogP contribution in [0.3, 0.4) is 0 Å². The van der Waals surface area contributed by atoms with Crippen molar-refractivity contribution in [2.75, 3.05) is 6.61 Å². The van der Waals surface area contributed by atoms with Crippen molar-refractivity contribution < 1.29 is 22.9 Å². The van der Waals surface area contributed by atoms with Crippen LogP contribution in [0.4, 0.5) is 0 Å². The summed E-state index contributed by atoms with van der Waals surface area (Å²) in [5, 5.41) is 8.35. The average molecular weight is 728 g/mol. The molecule has 15 heteroatoms. The fourth-order valence-corrected chi connectivity index (χ4v) is 8.57. The Morgan fingerprint density at radius 3 is 1.96 bits per heavy atom. The van der Waals surface area contributed by atoms with Crippen LogP contribution in [0.1, 0.15) is 68.5 Å². The van der Waals surface area contributed by atoms with E-state index in [0.29, 0.717) is 28.8 Å². The van der Waals surface area contributed by atoms with Gasteiger partial charge in [0.2, 0.25) is 0 Å². The molecule has 0 spiro atoms. The predicted octanol–water partition coefficient (Wildman–Crippen LogP) is 8.11. The van der Waals surface area contributed by atoms with Gasteiger partial charge in [0.25, 0.3) is 5.88 Å². The molecule has 4 unspecified atom stereocenters. The van der Waals surface area contributed by atoms with Crippen molar-refractivity contribution in [2.24, 2.45) is 0 Å². The molecule has 1 aliphatic rings. The molecule has 0 bridgehead atoms. The zero-order valence-corrected chi connectivity index (χ0v) is 35.2. The van der Waals surface area contributed by atoms with Crippen LogP contribution in [0.2, 0.25) is 54.4 Å². The van der Waals surface area contributed by atoms with Crippen LogP contribution in [0.25, 0.3) is 22.2 Å². The number of fused-ring (bicyclic) bond motifs is 2. The topological polar surface area (TPSA) is 120 Å². The van der Waals surface area contributed by atoms with Gasteiger partial charge in [-0.25, -0.2) is 9.97 Å². The van der Waals surface area contributed by atoms with Gasteiger partial charge < -0.3 is 22.9 Å². The first-order chi connectivity index (χ1) is 22.4. The van der Waals surface area contributed by atoms with Gasteiger partial charge in [-0.3, -0.25) is 4.57 Å². The number of aromatic nitrogens is 7. The predicted molar refractivity (Wildman–Crippen MR) is 200 cm³/mol. The molecule has 1 aliphatic heterocycles. The van der Waals surface area contributed by atoms with Crippen LogP contribution in [-0.4, -0.2) is 84.5 Å². The summed E-state index contributed by atoms with van der Waals surface area (Å²) in [6, 6.07) is 7.57. The zero-order valence-electron chi connectivity index (χ0n) is 32.2. The Bertz CT molecular complexity index is 1770. The maximum atomic E-state index is 7.33. The van der Waals surface area contributed by atoms with Gasteiger partial charge in [-0.15, -0.1) is 5.10 Å². The molecule has 0 aliphatic carbocycles. The molecule has 0 saturated carbocycles. The number of hydrogen-bond donors (Lipinski definition) is 0. The van der Waals surface area contributed by atoms with Gasteiger partial charge in [-0.1, -0.05) is 79.3 Å². The molecular weight excluding hydrogens is 671 g/mol. The number of para-hydroxylation sites is 1. The zero-order chi connectivity index (χ0) is 36.4. The monoisotopic (exact) mass is 727 g/mol. The molecule has 4 aromatic rings. The Morgan fingerprint density at radius 1 is 0.755 bits per heavy atom. The first-order valence-electron chi connectivity index (χ1n) is 17.2. The highest BCUT2D eigenvalue weighted by Crippen LogP contribution is 2.47. The molecule has 4 atom stereocenters. The lowest BCUT2D eigenvalue weighted by molar-refractivity contribution is -0.0470. The first kappa shape index (κ1) is 37.7.